The minimum atomic E-state index is -0.506. The van der Waals surface area contributed by atoms with Gasteiger partial charge in [-0.25, -0.2) is 4.39 Å². The van der Waals surface area contributed by atoms with Crippen molar-refractivity contribution in [2.24, 2.45) is 5.73 Å². The fourth-order valence-electron chi connectivity index (χ4n) is 2.64. The summed E-state index contributed by atoms with van der Waals surface area (Å²) in [5.41, 5.74) is 6.84. The van der Waals surface area contributed by atoms with E-state index < -0.39 is 11.7 Å². The van der Waals surface area contributed by atoms with Crippen molar-refractivity contribution in [3.05, 3.63) is 83.1 Å². The number of para-hydroxylation sites is 1. The maximum absolute atomic E-state index is 13.6. The van der Waals surface area contributed by atoms with Crippen molar-refractivity contribution in [2.45, 2.75) is 13.0 Å². The van der Waals surface area contributed by atoms with Crippen molar-refractivity contribution in [3.63, 3.8) is 0 Å². The lowest BCUT2D eigenvalue weighted by Gasteiger charge is -2.03. The van der Waals surface area contributed by atoms with Crippen LogP contribution in [0.5, 0.6) is 5.75 Å². The fourth-order valence-corrected chi connectivity index (χ4v) is 2.64. The van der Waals surface area contributed by atoms with Gasteiger partial charge in [-0.05, 0) is 29.8 Å². The zero-order chi connectivity index (χ0) is 20.2. The van der Waals surface area contributed by atoms with Crippen LogP contribution in [0.2, 0.25) is 0 Å². The topological polar surface area (TPSA) is 117 Å². The summed E-state index contributed by atoms with van der Waals surface area (Å²) in [6, 6.07) is 14.5. The van der Waals surface area contributed by atoms with E-state index in [9.17, 15) is 9.18 Å². The fraction of sp³-hybridized carbons (Fsp3) is 0.100. The highest BCUT2D eigenvalue weighted by Gasteiger charge is 2.15. The number of hydrogen-bond donors (Lipinski definition) is 1. The highest BCUT2D eigenvalue weighted by Crippen LogP contribution is 2.21. The number of ether oxygens (including phenoxy) is 1. The lowest BCUT2D eigenvalue weighted by molar-refractivity contribution is 0.1000. The number of amides is 1. The largest absolute Gasteiger partial charge is 0.482 e. The Morgan fingerprint density at radius 3 is 2.76 bits per heavy atom. The van der Waals surface area contributed by atoms with Crippen molar-refractivity contribution in [3.8, 4) is 17.3 Å². The number of rotatable bonds is 7. The summed E-state index contributed by atoms with van der Waals surface area (Å²) in [5, 5.41) is 7.78. The highest BCUT2D eigenvalue weighted by atomic mass is 19.1. The second-order valence-electron chi connectivity index (χ2n) is 6.15. The Kier molecular flexibility index (Phi) is 5.02. The van der Waals surface area contributed by atoms with Crippen LogP contribution in [0.1, 0.15) is 27.5 Å². The zero-order valence-corrected chi connectivity index (χ0v) is 15.0. The van der Waals surface area contributed by atoms with Crippen LogP contribution in [0.3, 0.4) is 0 Å². The van der Waals surface area contributed by atoms with Gasteiger partial charge in [-0.2, -0.15) is 4.98 Å². The standard InChI is InChI=1S/C20H15FN4O4/c21-15-6-1-2-7-17(15)27-11-14-10-16(24-28-14)20-23-18(25-29-20)9-12-4-3-5-13(8-12)19(22)26/h1-8,10H,9,11H2,(H2,22,26). The molecule has 0 radical (unpaired) electrons. The zero-order valence-electron chi connectivity index (χ0n) is 15.0. The monoisotopic (exact) mass is 394 g/mol. The van der Waals surface area contributed by atoms with E-state index in [4.69, 9.17) is 19.5 Å². The number of aromatic nitrogens is 3. The molecule has 4 aromatic rings. The third kappa shape index (κ3) is 4.29. The van der Waals surface area contributed by atoms with E-state index >= 15 is 0 Å². The predicted octanol–water partition coefficient (Wildman–Crippen LogP) is 3.13. The first-order chi connectivity index (χ1) is 14.1. The summed E-state index contributed by atoms with van der Waals surface area (Å²) in [6.07, 6.45) is 0.353. The van der Waals surface area contributed by atoms with Crippen LogP contribution in [0.4, 0.5) is 4.39 Å². The number of halogens is 1. The molecule has 0 fully saturated rings. The van der Waals surface area contributed by atoms with E-state index in [1.807, 2.05) is 6.07 Å². The number of carbonyl (C=O) groups excluding carboxylic acids is 1. The lowest BCUT2D eigenvalue weighted by atomic mass is 10.1. The first kappa shape index (κ1) is 18.4. The molecule has 0 bridgehead atoms. The van der Waals surface area contributed by atoms with Crippen molar-refractivity contribution in [2.75, 3.05) is 0 Å². The van der Waals surface area contributed by atoms with Gasteiger partial charge in [0.15, 0.2) is 28.8 Å². The third-order valence-electron chi connectivity index (χ3n) is 4.03. The summed E-state index contributed by atoms with van der Waals surface area (Å²) in [4.78, 5) is 15.6. The Morgan fingerprint density at radius 2 is 1.93 bits per heavy atom. The maximum atomic E-state index is 13.6. The van der Waals surface area contributed by atoms with Gasteiger partial charge in [0.2, 0.25) is 5.91 Å². The number of carbonyl (C=O) groups is 1. The van der Waals surface area contributed by atoms with Crippen LogP contribution in [-0.2, 0) is 13.0 Å². The second-order valence-corrected chi connectivity index (χ2v) is 6.15. The summed E-state index contributed by atoms with van der Waals surface area (Å²) in [5.74, 6) is 0.101. The molecule has 8 nitrogen and oxygen atoms in total. The minimum Gasteiger partial charge on any atom is -0.482 e. The Hall–Kier alpha value is -4.01. The Bertz CT molecular complexity index is 1150. The van der Waals surface area contributed by atoms with Gasteiger partial charge in [0.05, 0.1) is 0 Å². The number of nitrogens with two attached hydrogens (primary N) is 1. The van der Waals surface area contributed by atoms with Gasteiger partial charge in [-0.3, -0.25) is 4.79 Å². The Morgan fingerprint density at radius 1 is 1.07 bits per heavy atom. The molecule has 4 rings (SSSR count). The Balaban J connectivity index is 1.43. The number of nitrogens with zero attached hydrogens (tertiary/aromatic N) is 3. The molecule has 0 aliphatic heterocycles. The van der Waals surface area contributed by atoms with Gasteiger partial charge in [-0.15, -0.1) is 0 Å². The predicted molar refractivity (Wildman–Crippen MR) is 98.3 cm³/mol. The number of hydrogen-bond acceptors (Lipinski definition) is 7. The maximum Gasteiger partial charge on any atom is 0.280 e. The molecule has 0 unspecified atom stereocenters. The molecule has 0 aliphatic carbocycles. The van der Waals surface area contributed by atoms with Crippen LogP contribution < -0.4 is 10.5 Å². The van der Waals surface area contributed by atoms with Gasteiger partial charge in [0.25, 0.3) is 5.89 Å². The van der Waals surface area contributed by atoms with E-state index in [-0.39, 0.29) is 18.2 Å². The molecule has 29 heavy (non-hydrogen) atoms. The Labute approximate surface area is 164 Å². The summed E-state index contributed by atoms with van der Waals surface area (Å²) in [6.45, 7) is -0.00512. The molecule has 1 amide bonds. The van der Waals surface area contributed by atoms with E-state index in [0.29, 0.717) is 29.3 Å². The van der Waals surface area contributed by atoms with Crippen molar-refractivity contribution in [1.29, 1.82) is 0 Å². The average molecular weight is 394 g/mol. The quantitative estimate of drug-likeness (QED) is 0.512. The molecule has 9 heteroatoms. The van der Waals surface area contributed by atoms with Crippen LogP contribution >= 0.6 is 0 Å². The lowest BCUT2D eigenvalue weighted by Crippen LogP contribution is -2.11. The average Bonchev–Trinajstić information content (AvgIpc) is 3.37. The minimum absolute atomic E-state index is 0.00512. The van der Waals surface area contributed by atoms with E-state index in [1.54, 1.807) is 36.4 Å². The summed E-state index contributed by atoms with van der Waals surface area (Å²) in [7, 11) is 0. The third-order valence-corrected chi connectivity index (χ3v) is 4.03. The molecular formula is C20H15FN4O4. The molecule has 2 N–H and O–H groups in total. The highest BCUT2D eigenvalue weighted by molar-refractivity contribution is 5.92. The molecule has 0 saturated carbocycles. The second kappa shape index (κ2) is 7.93. The molecule has 0 aliphatic rings. The summed E-state index contributed by atoms with van der Waals surface area (Å²) < 4.78 is 29.4. The molecule has 2 aromatic heterocycles. The molecule has 2 heterocycles. The molecule has 146 valence electrons. The molecule has 0 spiro atoms. The molecule has 0 saturated heterocycles. The van der Waals surface area contributed by atoms with Crippen LogP contribution in [0.25, 0.3) is 11.6 Å². The molecule has 2 aromatic carbocycles. The van der Waals surface area contributed by atoms with Gasteiger partial charge in [0.1, 0.15) is 6.61 Å². The van der Waals surface area contributed by atoms with Crippen molar-refractivity contribution >= 4 is 5.91 Å². The van der Waals surface area contributed by atoms with Crippen LogP contribution in [0, 0.1) is 5.82 Å². The normalized spacial score (nSPS) is 10.8. The van der Waals surface area contributed by atoms with Gasteiger partial charge < -0.3 is 19.5 Å². The number of primary amides is 1. The van der Waals surface area contributed by atoms with Crippen LogP contribution in [0.15, 0.2) is 63.6 Å². The molecule has 0 atom stereocenters. The molecular weight excluding hydrogens is 379 g/mol. The first-order valence-corrected chi connectivity index (χ1v) is 8.63. The van der Waals surface area contributed by atoms with Crippen molar-refractivity contribution < 1.29 is 23.0 Å². The van der Waals surface area contributed by atoms with Crippen molar-refractivity contribution in [1.82, 2.24) is 15.3 Å². The van der Waals surface area contributed by atoms with E-state index in [1.165, 1.54) is 12.1 Å². The SMILES string of the molecule is NC(=O)c1cccc(Cc2noc(-c3cc(COc4ccccc4F)on3)n2)c1. The van der Waals surface area contributed by atoms with Gasteiger partial charge >= 0.3 is 0 Å². The van der Waals surface area contributed by atoms with E-state index in [0.717, 1.165) is 5.56 Å². The summed E-state index contributed by atoms with van der Waals surface area (Å²) >= 11 is 0. The van der Waals surface area contributed by atoms with Crippen LogP contribution in [-0.4, -0.2) is 21.2 Å². The smallest absolute Gasteiger partial charge is 0.280 e. The van der Waals surface area contributed by atoms with Gasteiger partial charge in [-0.1, -0.05) is 34.6 Å². The first-order valence-electron chi connectivity index (χ1n) is 8.63. The number of benzene rings is 2. The van der Waals surface area contributed by atoms with E-state index in [2.05, 4.69) is 15.3 Å². The van der Waals surface area contributed by atoms with Gasteiger partial charge in [0, 0.05) is 18.1 Å².